The highest BCUT2D eigenvalue weighted by Crippen LogP contribution is 2.21. The number of hydrogen-bond acceptors (Lipinski definition) is 2. The molecule has 0 fully saturated rings. The lowest BCUT2D eigenvalue weighted by molar-refractivity contribution is -0.0415. The van der Waals surface area contributed by atoms with Gasteiger partial charge in [0.1, 0.15) is 0 Å². The fourth-order valence-electron chi connectivity index (χ4n) is 2.15. The molecule has 20 heavy (non-hydrogen) atoms. The third kappa shape index (κ3) is 3.00. The van der Waals surface area contributed by atoms with Gasteiger partial charge in [-0.1, -0.05) is 30.3 Å². The van der Waals surface area contributed by atoms with Gasteiger partial charge < -0.3 is 9.88 Å². The van der Waals surface area contributed by atoms with Crippen LogP contribution < -0.4 is 5.32 Å². The molecule has 2 rings (SSSR count). The van der Waals surface area contributed by atoms with E-state index in [0.29, 0.717) is 11.5 Å². The van der Waals surface area contributed by atoms with Crippen LogP contribution in [0.1, 0.15) is 5.69 Å². The van der Waals surface area contributed by atoms with Gasteiger partial charge in [0.15, 0.2) is 0 Å². The predicted molar refractivity (Wildman–Crippen MR) is 77.5 cm³/mol. The molecule has 0 bridgehead atoms. The average Bonchev–Trinajstić information content (AvgIpc) is 2.85. The smallest absolute Gasteiger partial charge is 0.340 e. The number of hydrogen-bond donors (Lipinski definition) is 2. The van der Waals surface area contributed by atoms with E-state index < -0.39 is 6.03 Å². The first kappa shape index (κ1) is 14.1. The second-order valence-corrected chi connectivity index (χ2v) is 4.56. The molecule has 0 aliphatic rings. The Morgan fingerprint density at radius 3 is 2.60 bits per heavy atom. The number of urea groups is 1. The minimum atomic E-state index is -0.498. The standard InChI is InChI=1S/C15H19N3O2/c1-16-15(19)18(20)11-10-13-8-9-14(17(13)2)12-6-4-3-5-7-12/h3-9,20H,10-11H2,1-2H3,(H,16,19). The molecule has 2 amide bonds. The van der Waals surface area contributed by atoms with Crippen molar-refractivity contribution in [1.82, 2.24) is 14.9 Å². The summed E-state index contributed by atoms with van der Waals surface area (Å²) in [4.78, 5) is 11.2. The fraction of sp³-hybridized carbons (Fsp3) is 0.267. The lowest BCUT2D eigenvalue weighted by Crippen LogP contribution is -2.36. The zero-order chi connectivity index (χ0) is 14.5. The van der Waals surface area contributed by atoms with Crippen LogP contribution in [0.5, 0.6) is 0 Å². The van der Waals surface area contributed by atoms with Crippen LogP contribution in [-0.2, 0) is 13.5 Å². The summed E-state index contributed by atoms with van der Waals surface area (Å²) in [6.45, 7) is 0.256. The predicted octanol–water partition coefficient (Wildman–Crippen LogP) is 2.27. The van der Waals surface area contributed by atoms with Crippen molar-refractivity contribution in [2.24, 2.45) is 7.05 Å². The molecular weight excluding hydrogens is 254 g/mol. The van der Waals surface area contributed by atoms with E-state index in [0.717, 1.165) is 17.0 Å². The van der Waals surface area contributed by atoms with E-state index >= 15 is 0 Å². The lowest BCUT2D eigenvalue weighted by atomic mass is 10.2. The van der Waals surface area contributed by atoms with Gasteiger partial charge in [0, 0.05) is 31.9 Å². The van der Waals surface area contributed by atoms with Crippen LogP contribution in [0.15, 0.2) is 42.5 Å². The van der Waals surface area contributed by atoms with E-state index in [1.807, 2.05) is 37.4 Å². The van der Waals surface area contributed by atoms with Gasteiger partial charge in [-0.3, -0.25) is 5.21 Å². The zero-order valence-corrected chi connectivity index (χ0v) is 11.7. The van der Waals surface area contributed by atoms with Crippen LogP contribution in [0.3, 0.4) is 0 Å². The maximum Gasteiger partial charge on any atom is 0.340 e. The van der Waals surface area contributed by atoms with E-state index in [9.17, 15) is 10.0 Å². The van der Waals surface area contributed by atoms with Crippen molar-refractivity contribution in [3.05, 3.63) is 48.2 Å². The van der Waals surface area contributed by atoms with Crippen LogP contribution in [0.4, 0.5) is 4.79 Å². The minimum absolute atomic E-state index is 0.256. The van der Waals surface area contributed by atoms with Crippen molar-refractivity contribution < 1.29 is 10.0 Å². The third-order valence-corrected chi connectivity index (χ3v) is 3.32. The highest BCUT2D eigenvalue weighted by Gasteiger charge is 2.11. The first-order valence-corrected chi connectivity index (χ1v) is 6.51. The van der Waals surface area contributed by atoms with Crippen molar-refractivity contribution in [2.75, 3.05) is 13.6 Å². The number of carbonyl (C=O) groups is 1. The molecule has 0 aliphatic carbocycles. The SMILES string of the molecule is CNC(=O)N(O)CCc1ccc(-c2ccccc2)n1C. The maximum absolute atomic E-state index is 11.2. The highest BCUT2D eigenvalue weighted by atomic mass is 16.5. The Morgan fingerprint density at radius 2 is 1.95 bits per heavy atom. The van der Waals surface area contributed by atoms with Gasteiger partial charge in [0.05, 0.1) is 6.54 Å². The number of benzene rings is 1. The molecule has 2 aromatic rings. The molecule has 5 nitrogen and oxygen atoms in total. The molecule has 0 aliphatic heterocycles. The molecule has 1 aromatic carbocycles. The van der Waals surface area contributed by atoms with Gasteiger partial charge in [-0.15, -0.1) is 0 Å². The van der Waals surface area contributed by atoms with Gasteiger partial charge in [-0.2, -0.15) is 0 Å². The van der Waals surface area contributed by atoms with Crippen molar-refractivity contribution >= 4 is 6.03 Å². The Bertz CT molecular complexity index is 578. The number of amides is 2. The van der Waals surface area contributed by atoms with Crippen molar-refractivity contribution in [3.8, 4) is 11.3 Å². The zero-order valence-electron chi connectivity index (χ0n) is 11.7. The summed E-state index contributed by atoms with van der Waals surface area (Å²) in [6.07, 6.45) is 0.591. The van der Waals surface area contributed by atoms with Gasteiger partial charge in [0.25, 0.3) is 0 Å². The Hall–Kier alpha value is -2.27. The molecule has 106 valence electrons. The fourth-order valence-corrected chi connectivity index (χ4v) is 2.15. The first-order valence-electron chi connectivity index (χ1n) is 6.51. The summed E-state index contributed by atoms with van der Waals surface area (Å²) in [5, 5.41) is 12.6. The normalized spacial score (nSPS) is 10.3. The van der Waals surface area contributed by atoms with Crippen LogP contribution in [0.25, 0.3) is 11.3 Å². The molecule has 0 unspecified atom stereocenters. The maximum atomic E-state index is 11.2. The monoisotopic (exact) mass is 273 g/mol. The van der Waals surface area contributed by atoms with Gasteiger partial charge in [0.2, 0.25) is 0 Å². The second kappa shape index (κ2) is 6.25. The number of hydroxylamine groups is 2. The van der Waals surface area contributed by atoms with E-state index in [-0.39, 0.29) is 6.54 Å². The van der Waals surface area contributed by atoms with Gasteiger partial charge in [-0.05, 0) is 17.7 Å². The summed E-state index contributed by atoms with van der Waals surface area (Å²) in [6, 6.07) is 13.7. The van der Waals surface area contributed by atoms with E-state index in [4.69, 9.17) is 0 Å². The van der Waals surface area contributed by atoms with E-state index in [1.165, 1.54) is 7.05 Å². The van der Waals surface area contributed by atoms with Crippen molar-refractivity contribution in [2.45, 2.75) is 6.42 Å². The molecule has 0 atom stereocenters. The molecule has 1 heterocycles. The van der Waals surface area contributed by atoms with E-state index in [1.54, 1.807) is 0 Å². The molecule has 0 spiro atoms. The van der Waals surface area contributed by atoms with Crippen LogP contribution in [0, 0.1) is 0 Å². The molecule has 0 saturated carbocycles. The van der Waals surface area contributed by atoms with Gasteiger partial charge in [-0.25, -0.2) is 9.86 Å². The molecular formula is C15H19N3O2. The average molecular weight is 273 g/mol. The lowest BCUT2D eigenvalue weighted by Gasteiger charge is -2.14. The Labute approximate surface area is 118 Å². The number of aromatic nitrogens is 1. The number of nitrogens with zero attached hydrogens (tertiary/aromatic N) is 2. The summed E-state index contributed by atoms with van der Waals surface area (Å²) < 4.78 is 2.08. The van der Waals surface area contributed by atoms with Gasteiger partial charge >= 0.3 is 6.03 Å². The molecule has 0 radical (unpaired) electrons. The Balaban J connectivity index is 2.08. The van der Waals surface area contributed by atoms with Crippen LogP contribution >= 0.6 is 0 Å². The summed E-state index contributed by atoms with van der Waals surface area (Å²) >= 11 is 0. The molecule has 5 heteroatoms. The Kier molecular flexibility index (Phi) is 4.42. The largest absolute Gasteiger partial charge is 0.348 e. The number of rotatable bonds is 4. The summed E-state index contributed by atoms with van der Waals surface area (Å²) in [7, 11) is 3.47. The highest BCUT2D eigenvalue weighted by molar-refractivity contribution is 5.72. The van der Waals surface area contributed by atoms with Crippen molar-refractivity contribution in [3.63, 3.8) is 0 Å². The number of nitrogens with one attached hydrogen (secondary N) is 1. The number of carbonyl (C=O) groups excluding carboxylic acids is 1. The topological polar surface area (TPSA) is 57.5 Å². The second-order valence-electron chi connectivity index (χ2n) is 4.56. The summed E-state index contributed by atoms with van der Waals surface area (Å²) in [5.41, 5.74) is 3.32. The van der Waals surface area contributed by atoms with Crippen LogP contribution in [0.2, 0.25) is 0 Å². The molecule has 2 N–H and O–H groups in total. The van der Waals surface area contributed by atoms with Crippen molar-refractivity contribution in [1.29, 1.82) is 0 Å². The Morgan fingerprint density at radius 1 is 1.25 bits per heavy atom. The quantitative estimate of drug-likeness (QED) is 0.663. The van der Waals surface area contributed by atoms with E-state index in [2.05, 4.69) is 22.0 Å². The molecule has 1 aromatic heterocycles. The van der Waals surface area contributed by atoms with Crippen LogP contribution in [-0.4, -0.2) is 34.5 Å². The minimum Gasteiger partial charge on any atom is -0.348 e. The molecule has 0 saturated heterocycles. The first-order chi connectivity index (χ1) is 9.63. The third-order valence-electron chi connectivity index (χ3n) is 3.32. The summed E-state index contributed by atoms with van der Waals surface area (Å²) in [5.74, 6) is 0.